The molecule has 0 saturated heterocycles. The Hall–Kier alpha value is -1.92. The summed E-state index contributed by atoms with van der Waals surface area (Å²) in [5.41, 5.74) is 4.82. The van der Waals surface area contributed by atoms with Gasteiger partial charge in [0, 0.05) is 0 Å². The standard InChI is InChI=1S/C5H6N4O3/c6-7-1-2-3(10)8-5(12)9-4(2)11/h6H,1H2,(H3,8,9,10,11,12). The van der Waals surface area contributed by atoms with Gasteiger partial charge in [-0.05, 0) is 0 Å². The fourth-order valence-corrected chi connectivity index (χ4v) is 0.726. The number of H-pyrrole nitrogens is 2. The molecule has 0 amide bonds. The second-order valence-electron chi connectivity index (χ2n) is 2.05. The number of hydrogen-bond donors (Lipinski definition) is 4. The molecule has 7 nitrogen and oxygen atoms in total. The van der Waals surface area contributed by atoms with Crippen LogP contribution >= 0.6 is 0 Å². The minimum atomic E-state index is -0.786. The molecule has 0 unspecified atom stereocenters. The van der Waals surface area contributed by atoms with Crippen LogP contribution in [0.2, 0.25) is 0 Å². The Balaban J connectivity index is 3.38. The smallest absolute Gasteiger partial charge is 0.328 e. The van der Waals surface area contributed by atoms with Gasteiger partial charge in [0.2, 0.25) is 5.88 Å². The van der Waals surface area contributed by atoms with Crippen molar-refractivity contribution >= 4 is 0 Å². The summed E-state index contributed by atoms with van der Waals surface area (Å²) in [7, 11) is 0. The lowest BCUT2D eigenvalue weighted by Gasteiger charge is -1.96. The molecule has 12 heavy (non-hydrogen) atoms. The molecule has 1 aromatic rings. The van der Waals surface area contributed by atoms with Crippen molar-refractivity contribution in [2.24, 2.45) is 5.11 Å². The van der Waals surface area contributed by atoms with Crippen molar-refractivity contribution in [1.29, 1.82) is 5.53 Å². The third-order valence-electron chi connectivity index (χ3n) is 1.26. The van der Waals surface area contributed by atoms with Crippen LogP contribution in [-0.4, -0.2) is 15.1 Å². The van der Waals surface area contributed by atoms with E-state index < -0.39 is 17.1 Å². The van der Waals surface area contributed by atoms with Crippen LogP contribution in [0.3, 0.4) is 0 Å². The maximum Gasteiger partial charge on any atom is 0.328 e. The summed E-state index contributed by atoms with van der Waals surface area (Å²) in [6, 6.07) is 0. The molecule has 1 aromatic heterocycles. The van der Waals surface area contributed by atoms with Gasteiger partial charge in [0.1, 0.15) is 5.56 Å². The van der Waals surface area contributed by atoms with Crippen LogP contribution in [0, 0.1) is 5.53 Å². The van der Waals surface area contributed by atoms with Gasteiger partial charge in [-0.2, -0.15) is 5.11 Å². The van der Waals surface area contributed by atoms with Crippen molar-refractivity contribution in [3.63, 3.8) is 0 Å². The van der Waals surface area contributed by atoms with Crippen molar-refractivity contribution in [2.75, 3.05) is 0 Å². The second kappa shape index (κ2) is 2.99. The molecule has 0 saturated carbocycles. The fourth-order valence-electron chi connectivity index (χ4n) is 0.726. The molecule has 4 N–H and O–H groups in total. The minimum absolute atomic E-state index is 0.121. The van der Waals surface area contributed by atoms with E-state index in [1.54, 1.807) is 0 Å². The first-order valence-corrected chi connectivity index (χ1v) is 3.03. The van der Waals surface area contributed by atoms with Crippen molar-refractivity contribution in [1.82, 2.24) is 9.97 Å². The molecule has 0 fully saturated rings. The summed E-state index contributed by atoms with van der Waals surface area (Å²) in [6.45, 7) is -0.252. The lowest BCUT2D eigenvalue weighted by Crippen LogP contribution is -2.24. The van der Waals surface area contributed by atoms with E-state index in [1.807, 2.05) is 9.97 Å². The van der Waals surface area contributed by atoms with Gasteiger partial charge in [0.15, 0.2) is 0 Å². The molecule has 1 rings (SSSR count). The van der Waals surface area contributed by atoms with E-state index in [2.05, 4.69) is 5.11 Å². The fraction of sp³-hybridized carbons (Fsp3) is 0.200. The van der Waals surface area contributed by atoms with Gasteiger partial charge in [0.05, 0.1) is 6.54 Å². The number of rotatable bonds is 2. The number of nitrogens with one attached hydrogen (secondary N) is 3. The Labute approximate surface area is 65.6 Å². The first-order valence-electron chi connectivity index (χ1n) is 3.03. The zero-order valence-corrected chi connectivity index (χ0v) is 5.92. The van der Waals surface area contributed by atoms with E-state index in [0.717, 1.165) is 0 Å². The van der Waals surface area contributed by atoms with E-state index in [9.17, 15) is 9.59 Å². The Bertz CT molecular complexity index is 404. The largest absolute Gasteiger partial charge is 0.494 e. The zero-order chi connectivity index (χ0) is 9.14. The van der Waals surface area contributed by atoms with Crippen molar-refractivity contribution in [2.45, 2.75) is 6.54 Å². The molecule has 0 aliphatic carbocycles. The quantitative estimate of drug-likeness (QED) is 0.439. The predicted molar refractivity (Wildman–Crippen MR) is 38.2 cm³/mol. The van der Waals surface area contributed by atoms with E-state index in [0.29, 0.717) is 0 Å². The molecule has 0 aromatic carbocycles. The van der Waals surface area contributed by atoms with Gasteiger partial charge < -0.3 is 5.11 Å². The highest BCUT2D eigenvalue weighted by Crippen LogP contribution is 2.04. The Morgan fingerprint density at radius 2 is 2.08 bits per heavy atom. The predicted octanol–water partition coefficient (Wildman–Crippen LogP) is -0.700. The maximum atomic E-state index is 10.9. The maximum absolute atomic E-state index is 10.9. The van der Waals surface area contributed by atoms with Crippen molar-refractivity contribution in [3.05, 3.63) is 26.4 Å². The molecule has 64 valence electrons. The average Bonchev–Trinajstić information content (AvgIpc) is 1.96. The van der Waals surface area contributed by atoms with Crippen LogP contribution in [0.25, 0.3) is 0 Å². The third kappa shape index (κ3) is 1.39. The summed E-state index contributed by atoms with van der Waals surface area (Å²) in [5, 5.41) is 11.9. The summed E-state index contributed by atoms with van der Waals surface area (Å²) in [4.78, 5) is 25.3. The summed E-state index contributed by atoms with van der Waals surface area (Å²) >= 11 is 0. The van der Waals surface area contributed by atoms with Crippen LogP contribution in [0.4, 0.5) is 0 Å². The first-order chi connectivity index (χ1) is 5.65. The van der Waals surface area contributed by atoms with Gasteiger partial charge >= 0.3 is 5.69 Å². The van der Waals surface area contributed by atoms with E-state index in [-0.39, 0.29) is 12.1 Å². The first kappa shape index (κ1) is 8.18. The second-order valence-corrected chi connectivity index (χ2v) is 2.05. The topological polar surface area (TPSA) is 122 Å². The highest BCUT2D eigenvalue weighted by Gasteiger charge is 2.06. The molecule has 0 atom stereocenters. The number of hydrogen-bond acceptors (Lipinski definition) is 5. The van der Waals surface area contributed by atoms with Gasteiger partial charge in [0.25, 0.3) is 5.56 Å². The van der Waals surface area contributed by atoms with Crippen LogP contribution in [0.1, 0.15) is 5.56 Å². The third-order valence-corrected chi connectivity index (χ3v) is 1.26. The molecular formula is C5H6N4O3. The van der Waals surface area contributed by atoms with Gasteiger partial charge in [-0.3, -0.25) is 14.8 Å². The van der Waals surface area contributed by atoms with Crippen molar-refractivity contribution in [3.8, 4) is 5.88 Å². The minimum Gasteiger partial charge on any atom is -0.494 e. The molecule has 0 aliphatic rings. The van der Waals surface area contributed by atoms with Gasteiger partial charge in [-0.15, -0.1) is 0 Å². The Kier molecular flexibility index (Phi) is 2.04. The van der Waals surface area contributed by atoms with E-state index in [1.165, 1.54) is 0 Å². The molecule has 0 bridgehead atoms. The van der Waals surface area contributed by atoms with Crippen LogP contribution in [-0.2, 0) is 6.54 Å². The molecule has 0 spiro atoms. The van der Waals surface area contributed by atoms with Crippen LogP contribution in [0.15, 0.2) is 14.7 Å². The van der Waals surface area contributed by atoms with Crippen molar-refractivity contribution < 1.29 is 5.11 Å². The van der Waals surface area contributed by atoms with E-state index >= 15 is 0 Å². The van der Waals surface area contributed by atoms with E-state index in [4.69, 9.17) is 10.6 Å². The zero-order valence-electron chi connectivity index (χ0n) is 5.92. The highest BCUT2D eigenvalue weighted by molar-refractivity contribution is 5.20. The molecule has 7 heteroatoms. The molecular weight excluding hydrogens is 164 g/mol. The normalized spacial score (nSPS) is 9.67. The van der Waals surface area contributed by atoms with Crippen LogP contribution in [0.5, 0.6) is 5.88 Å². The number of nitrogens with zero attached hydrogens (tertiary/aromatic N) is 1. The average molecular weight is 170 g/mol. The van der Waals surface area contributed by atoms with Gasteiger partial charge in [-0.25, -0.2) is 10.3 Å². The van der Waals surface area contributed by atoms with Gasteiger partial charge in [-0.1, -0.05) is 0 Å². The number of aromatic hydroxyl groups is 1. The number of aromatic amines is 2. The lowest BCUT2D eigenvalue weighted by molar-refractivity contribution is 0.440. The molecule has 0 radical (unpaired) electrons. The molecule has 0 aliphatic heterocycles. The summed E-state index contributed by atoms with van der Waals surface area (Å²) in [5.74, 6) is -0.542. The lowest BCUT2D eigenvalue weighted by atomic mass is 10.3. The summed E-state index contributed by atoms with van der Waals surface area (Å²) in [6.07, 6.45) is 0. The SMILES string of the molecule is N=NCc1c(O)[nH]c(=O)[nH]c1=O. The Morgan fingerprint density at radius 1 is 1.42 bits per heavy atom. The Morgan fingerprint density at radius 3 is 2.58 bits per heavy atom. The summed E-state index contributed by atoms with van der Waals surface area (Å²) < 4.78 is 0. The monoisotopic (exact) mass is 170 g/mol. The number of aromatic nitrogens is 2. The highest BCUT2D eigenvalue weighted by atomic mass is 16.3. The van der Waals surface area contributed by atoms with Crippen LogP contribution < -0.4 is 11.2 Å². The molecule has 1 heterocycles.